The summed E-state index contributed by atoms with van der Waals surface area (Å²) >= 11 is 0. The minimum Gasteiger partial charge on any atom is -0.396 e. The van der Waals surface area contributed by atoms with Gasteiger partial charge in [-0.3, -0.25) is 0 Å². The fourth-order valence-electron chi connectivity index (χ4n) is 3.87. The SMILES string of the molecule is Cc1cc(CNC2CCCCC2CO)nc(N2CCCCC2)n1. The Morgan fingerprint density at radius 1 is 1.13 bits per heavy atom. The van der Waals surface area contributed by atoms with Gasteiger partial charge in [0.1, 0.15) is 0 Å². The smallest absolute Gasteiger partial charge is 0.225 e. The molecular formula is C18H30N4O. The summed E-state index contributed by atoms with van der Waals surface area (Å²) in [6, 6.07) is 2.50. The van der Waals surface area contributed by atoms with Crippen molar-refractivity contribution in [2.24, 2.45) is 5.92 Å². The zero-order chi connectivity index (χ0) is 16.1. The molecule has 1 aliphatic heterocycles. The van der Waals surface area contributed by atoms with Gasteiger partial charge in [0.05, 0.1) is 5.69 Å². The molecule has 1 aromatic heterocycles. The van der Waals surface area contributed by atoms with E-state index in [-0.39, 0.29) is 0 Å². The number of aryl methyl sites for hydroxylation is 1. The van der Waals surface area contributed by atoms with Crippen LogP contribution in [-0.2, 0) is 6.54 Å². The van der Waals surface area contributed by atoms with Crippen LogP contribution in [0.5, 0.6) is 0 Å². The Labute approximate surface area is 139 Å². The van der Waals surface area contributed by atoms with E-state index in [0.29, 0.717) is 18.6 Å². The normalized spacial score (nSPS) is 25.6. The Balaban J connectivity index is 1.64. The number of aliphatic hydroxyl groups excluding tert-OH is 1. The van der Waals surface area contributed by atoms with Crippen molar-refractivity contribution in [1.82, 2.24) is 15.3 Å². The van der Waals surface area contributed by atoms with Gasteiger partial charge in [0, 0.05) is 38.0 Å². The van der Waals surface area contributed by atoms with E-state index in [9.17, 15) is 5.11 Å². The van der Waals surface area contributed by atoms with Crippen molar-refractivity contribution in [1.29, 1.82) is 0 Å². The highest BCUT2D eigenvalue weighted by Crippen LogP contribution is 2.24. The van der Waals surface area contributed by atoms with Gasteiger partial charge in [0.2, 0.25) is 5.95 Å². The van der Waals surface area contributed by atoms with E-state index in [4.69, 9.17) is 4.98 Å². The second-order valence-electron chi connectivity index (χ2n) is 7.06. The van der Waals surface area contributed by atoms with Crippen LogP contribution in [0, 0.1) is 12.8 Å². The summed E-state index contributed by atoms with van der Waals surface area (Å²) in [4.78, 5) is 11.7. The Morgan fingerprint density at radius 2 is 1.91 bits per heavy atom. The number of hydrogen-bond donors (Lipinski definition) is 2. The molecule has 0 aromatic carbocycles. The Hall–Kier alpha value is -1.20. The summed E-state index contributed by atoms with van der Waals surface area (Å²) in [5, 5.41) is 13.2. The van der Waals surface area contributed by atoms with Gasteiger partial charge in [-0.05, 0) is 51.0 Å². The molecule has 0 amide bonds. The Kier molecular flexibility index (Phi) is 5.84. The van der Waals surface area contributed by atoms with E-state index in [1.54, 1.807) is 0 Å². The maximum atomic E-state index is 9.54. The third-order valence-corrected chi connectivity index (χ3v) is 5.22. The molecule has 2 heterocycles. The van der Waals surface area contributed by atoms with Gasteiger partial charge < -0.3 is 15.3 Å². The van der Waals surface area contributed by atoms with Crippen LogP contribution in [0.15, 0.2) is 6.07 Å². The first kappa shape index (κ1) is 16.7. The van der Waals surface area contributed by atoms with Crippen LogP contribution in [0.4, 0.5) is 5.95 Å². The van der Waals surface area contributed by atoms with E-state index in [1.165, 1.54) is 32.1 Å². The monoisotopic (exact) mass is 318 g/mol. The lowest BCUT2D eigenvalue weighted by atomic mass is 9.85. The molecule has 1 saturated carbocycles. The highest BCUT2D eigenvalue weighted by Gasteiger charge is 2.24. The van der Waals surface area contributed by atoms with Gasteiger partial charge in [0.15, 0.2) is 0 Å². The molecule has 0 radical (unpaired) electrons. The summed E-state index contributed by atoms with van der Waals surface area (Å²) in [5.41, 5.74) is 2.11. The fourth-order valence-corrected chi connectivity index (χ4v) is 3.87. The van der Waals surface area contributed by atoms with Crippen LogP contribution in [-0.4, -0.2) is 40.8 Å². The molecule has 1 aliphatic carbocycles. The van der Waals surface area contributed by atoms with Gasteiger partial charge in [-0.1, -0.05) is 12.8 Å². The largest absolute Gasteiger partial charge is 0.396 e. The zero-order valence-corrected chi connectivity index (χ0v) is 14.3. The van der Waals surface area contributed by atoms with Crippen molar-refractivity contribution in [2.45, 2.75) is 64.5 Å². The number of aliphatic hydroxyl groups is 1. The second-order valence-corrected chi connectivity index (χ2v) is 7.06. The first-order valence-electron chi connectivity index (χ1n) is 9.20. The van der Waals surface area contributed by atoms with Crippen molar-refractivity contribution in [3.63, 3.8) is 0 Å². The summed E-state index contributed by atoms with van der Waals surface area (Å²) in [7, 11) is 0. The summed E-state index contributed by atoms with van der Waals surface area (Å²) in [5.74, 6) is 1.29. The molecule has 128 valence electrons. The van der Waals surface area contributed by atoms with E-state index in [2.05, 4.69) is 28.2 Å². The lowest BCUT2D eigenvalue weighted by Crippen LogP contribution is -2.40. The number of piperidine rings is 1. The fraction of sp³-hybridized carbons (Fsp3) is 0.778. The number of aromatic nitrogens is 2. The Morgan fingerprint density at radius 3 is 2.70 bits per heavy atom. The van der Waals surface area contributed by atoms with Crippen LogP contribution >= 0.6 is 0 Å². The van der Waals surface area contributed by atoms with Gasteiger partial charge in [-0.25, -0.2) is 9.97 Å². The van der Waals surface area contributed by atoms with Crippen LogP contribution in [0.3, 0.4) is 0 Å². The molecule has 5 nitrogen and oxygen atoms in total. The maximum absolute atomic E-state index is 9.54. The van der Waals surface area contributed by atoms with Crippen LogP contribution in [0.1, 0.15) is 56.3 Å². The molecule has 0 spiro atoms. The van der Waals surface area contributed by atoms with E-state index < -0.39 is 0 Å². The molecule has 0 bridgehead atoms. The molecule has 5 heteroatoms. The first-order valence-corrected chi connectivity index (χ1v) is 9.20. The van der Waals surface area contributed by atoms with Gasteiger partial charge in [-0.15, -0.1) is 0 Å². The first-order chi connectivity index (χ1) is 11.3. The van der Waals surface area contributed by atoms with E-state index in [1.807, 2.05) is 0 Å². The molecule has 23 heavy (non-hydrogen) atoms. The number of nitrogens with zero attached hydrogens (tertiary/aromatic N) is 3. The quantitative estimate of drug-likeness (QED) is 0.873. The van der Waals surface area contributed by atoms with E-state index >= 15 is 0 Å². The minimum atomic E-state index is 0.291. The second kappa shape index (κ2) is 8.06. The number of hydrogen-bond acceptors (Lipinski definition) is 5. The standard InChI is InChI=1S/C18H30N4O/c1-14-11-16(12-19-17-8-4-3-7-15(17)13-23)21-18(20-14)22-9-5-2-6-10-22/h11,15,17,19,23H,2-10,12-13H2,1H3. The molecule has 2 N–H and O–H groups in total. The summed E-state index contributed by atoms with van der Waals surface area (Å²) in [6.45, 7) is 5.26. The van der Waals surface area contributed by atoms with Crippen molar-refractivity contribution in [3.8, 4) is 0 Å². The predicted molar refractivity (Wildman–Crippen MR) is 92.5 cm³/mol. The average molecular weight is 318 g/mol. The summed E-state index contributed by atoms with van der Waals surface area (Å²) in [6.07, 6.45) is 8.60. The number of rotatable bonds is 5. The van der Waals surface area contributed by atoms with Gasteiger partial charge in [-0.2, -0.15) is 0 Å². The van der Waals surface area contributed by atoms with Crippen LogP contribution in [0.2, 0.25) is 0 Å². The highest BCUT2D eigenvalue weighted by molar-refractivity contribution is 5.32. The lowest BCUT2D eigenvalue weighted by Gasteiger charge is -2.31. The van der Waals surface area contributed by atoms with Crippen molar-refractivity contribution in [2.75, 3.05) is 24.6 Å². The van der Waals surface area contributed by atoms with Crippen molar-refractivity contribution in [3.05, 3.63) is 17.5 Å². The van der Waals surface area contributed by atoms with Gasteiger partial charge in [0.25, 0.3) is 0 Å². The van der Waals surface area contributed by atoms with Crippen molar-refractivity contribution < 1.29 is 5.11 Å². The van der Waals surface area contributed by atoms with Gasteiger partial charge >= 0.3 is 0 Å². The molecule has 2 aliphatic rings. The highest BCUT2D eigenvalue weighted by atomic mass is 16.3. The third kappa shape index (κ3) is 4.42. The van der Waals surface area contributed by atoms with Crippen LogP contribution < -0.4 is 10.2 Å². The van der Waals surface area contributed by atoms with Crippen molar-refractivity contribution >= 4 is 5.95 Å². The van der Waals surface area contributed by atoms with E-state index in [0.717, 1.165) is 49.8 Å². The number of anilines is 1. The average Bonchev–Trinajstić information content (AvgIpc) is 2.60. The molecule has 2 unspecified atom stereocenters. The predicted octanol–water partition coefficient (Wildman–Crippen LogP) is 2.42. The molecule has 1 aromatic rings. The minimum absolute atomic E-state index is 0.291. The molecule has 3 rings (SSSR count). The Bertz CT molecular complexity index is 502. The molecule has 2 fully saturated rings. The molecular weight excluding hydrogens is 288 g/mol. The molecule has 2 atom stereocenters. The summed E-state index contributed by atoms with van der Waals surface area (Å²) < 4.78 is 0. The topological polar surface area (TPSA) is 61.3 Å². The number of nitrogens with one attached hydrogen (secondary N) is 1. The zero-order valence-electron chi connectivity index (χ0n) is 14.3. The lowest BCUT2D eigenvalue weighted by molar-refractivity contribution is 0.152. The molecule has 1 saturated heterocycles. The third-order valence-electron chi connectivity index (χ3n) is 5.22. The maximum Gasteiger partial charge on any atom is 0.225 e. The van der Waals surface area contributed by atoms with Crippen LogP contribution in [0.25, 0.3) is 0 Å².